The lowest BCUT2D eigenvalue weighted by Crippen LogP contribution is -2.33. The lowest BCUT2D eigenvalue weighted by atomic mass is 10.1. The molecule has 1 atom stereocenters. The molecule has 0 aliphatic carbocycles. The normalized spacial score (nSPS) is 11.4. The summed E-state index contributed by atoms with van der Waals surface area (Å²) in [5.74, 6) is -2.15. The molecule has 0 radical (unpaired) electrons. The van der Waals surface area contributed by atoms with Gasteiger partial charge in [-0.15, -0.1) is 0 Å². The minimum Gasteiger partial charge on any atom is -0.446 e. The number of ether oxygens (including phenoxy) is 1. The fourth-order valence-corrected chi connectivity index (χ4v) is 2.28. The van der Waals surface area contributed by atoms with Crippen LogP contribution in [-0.2, 0) is 14.3 Å². The van der Waals surface area contributed by atoms with Crippen LogP contribution < -0.4 is 11.1 Å². The molecule has 2 aromatic carbocycles. The maximum Gasteiger partial charge on any atom is 0.326 e. The average molecular weight is 381 g/mol. The number of primary amides is 1. The Morgan fingerprint density at radius 3 is 2.32 bits per heavy atom. The van der Waals surface area contributed by atoms with Crippen molar-refractivity contribution in [3.05, 3.63) is 69.7 Å². The molecule has 0 fully saturated rings. The summed E-state index contributed by atoms with van der Waals surface area (Å²) in [7, 11) is 0. The van der Waals surface area contributed by atoms with Crippen LogP contribution in [0.15, 0.2) is 48.5 Å². The summed E-state index contributed by atoms with van der Waals surface area (Å²) in [5.41, 5.74) is 5.94. The van der Waals surface area contributed by atoms with Gasteiger partial charge in [0.15, 0.2) is 0 Å². The number of nitrogens with two attached hydrogens (primary N) is 1. The van der Waals surface area contributed by atoms with E-state index in [1.54, 1.807) is 30.3 Å². The van der Waals surface area contributed by atoms with Crippen molar-refractivity contribution in [3.63, 3.8) is 0 Å². The van der Waals surface area contributed by atoms with Crippen LogP contribution in [0.3, 0.4) is 0 Å². The third-order valence-corrected chi connectivity index (χ3v) is 3.92. The van der Waals surface area contributed by atoms with E-state index in [4.69, 9.17) is 33.7 Å². The third kappa shape index (κ3) is 5.20. The number of benzene rings is 2. The monoisotopic (exact) mass is 380 g/mol. The van der Waals surface area contributed by atoms with Crippen LogP contribution in [0.25, 0.3) is 0 Å². The lowest BCUT2D eigenvalue weighted by Gasteiger charge is -2.15. The van der Waals surface area contributed by atoms with Gasteiger partial charge in [-0.05, 0) is 18.2 Å². The first-order valence-corrected chi connectivity index (χ1v) is 7.91. The number of carbonyl (C=O) groups is 3. The molecule has 2 amide bonds. The fraction of sp³-hybridized carbons (Fsp3) is 0.118. The van der Waals surface area contributed by atoms with Crippen molar-refractivity contribution in [2.45, 2.75) is 6.10 Å². The molecule has 0 heterocycles. The van der Waals surface area contributed by atoms with E-state index < -0.39 is 30.4 Å². The van der Waals surface area contributed by atoms with Crippen LogP contribution in [0, 0.1) is 0 Å². The molecule has 2 rings (SSSR count). The maximum atomic E-state index is 12.0. The molecule has 25 heavy (non-hydrogen) atoms. The largest absolute Gasteiger partial charge is 0.446 e. The minimum absolute atomic E-state index is 0.217. The third-order valence-electron chi connectivity index (χ3n) is 3.19. The predicted molar refractivity (Wildman–Crippen MR) is 93.3 cm³/mol. The zero-order valence-corrected chi connectivity index (χ0v) is 14.4. The standard InChI is InChI=1S/C17H14Cl2N2O4/c18-12-7-6-11(8-13(12)19)17(24)21-9-14(22)25-15(16(20)23)10-4-2-1-3-5-10/h1-8,15H,9H2,(H2,20,23)(H,21,24). The van der Waals surface area contributed by atoms with Crippen LogP contribution in [0.1, 0.15) is 22.0 Å². The van der Waals surface area contributed by atoms with E-state index in [1.807, 2.05) is 0 Å². The Bertz CT molecular complexity index is 796. The second-order valence-corrected chi connectivity index (χ2v) is 5.81. The fourth-order valence-electron chi connectivity index (χ4n) is 1.98. The average Bonchev–Trinajstić information content (AvgIpc) is 2.60. The van der Waals surface area contributed by atoms with Crippen molar-refractivity contribution < 1.29 is 19.1 Å². The molecule has 0 saturated carbocycles. The number of amides is 2. The number of halogens is 2. The van der Waals surface area contributed by atoms with Crippen molar-refractivity contribution >= 4 is 41.0 Å². The van der Waals surface area contributed by atoms with Gasteiger partial charge in [-0.25, -0.2) is 0 Å². The molecule has 0 saturated heterocycles. The van der Waals surface area contributed by atoms with E-state index in [-0.39, 0.29) is 10.6 Å². The summed E-state index contributed by atoms with van der Waals surface area (Å²) in [5, 5.41) is 2.90. The van der Waals surface area contributed by atoms with Crippen molar-refractivity contribution in [3.8, 4) is 0 Å². The second-order valence-electron chi connectivity index (χ2n) is 4.99. The van der Waals surface area contributed by atoms with Gasteiger partial charge in [-0.1, -0.05) is 53.5 Å². The summed E-state index contributed by atoms with van der Waals surface area (Å²) >= 11 is 11.6. The Morgan fingerprint density at radius 2 is 1.72 bits per heavy atom. The Morgan fingerprint density at radius 1 is 1.04 bits per heavy atom. The molecule has 6 nitrogen and oxygen atoms in total. The molecule has 130 valence electrons. The van der Waals surface area contributed by atoms with Gasteiger partial charge in [0.2, 0.25) is 6.10 Å². The molecule has 0 aliphatic rings. The van der Waals surface area contributed by atoms with E-state index >= 15 is 0 Å². The molecule has 8 heteroatoms. The SMILES string of the molecule is NC(=O)C(OC(=O)CNC(=O)c1ccc(Cl)c(Cl)c1)c1ccccc1. The number of esters is 1. The molecule has 0 spiro atoms. The molecule has 0 aromatic heterocycles. The van der Waals surface area contributed by atoms with E-state index in [0.29, 0.717) is 10.6 Å². The predicted octanol–water partition coefficient (Wildman–Crippen LogP) is 2.49. The minimum atomic E-state index is -1.23. The maximum absolute atomic E-state index is 12.0. The summed E-state index contributed by atoms with van der Waals surface area (Å²) in [6.45, 7) is -0.435. The molecule has 0 bridgehead atoms. The van der Waals surface area contributed by atoms with Crippen LogP contribution >= 0.6 is 23.2 Å². The number of hydrogen-bond acceptors (Lipinski definition) is 4. The number of carbonyl (C=O) groups excluding carboxylic acids is 3. The van der Waals surface area contributed by atoms with E-state index in [2.05, 4.69) is 5.32 Å². The Kier molecular flexibility index (Phi) is 6.38. The van der Waals surface area contributed by atoms with Gasteiger partial charge in [-0.2, -0.15) is 0 Å². The number of rotatable bonds is 6. The Balaban J connectivity index is 1.96. The number of hydrogen-bond donors (Lipinski definition) is 2. The first kappa shape index (κ1) is 18.8. The summed E-state index contributed by atoms with van der Waals surface area (Å²) in [6.07, 6.45) is -1.23. The topological polar surface area (TPSA) is 98.5 Å². The first-order chi connectivity index (χ1) is 11.9. The van der Waals surface area contributed by atoms with E-state index in [9.17, 15) is 14.4 Å². The van der Waals surface area contributed by atoms with Gasteiger partial charge in [0, 0.05) is 11.1 Å². The highest BCUT2D eigenvalue weighted by Crippen LogP contribution is 2.22. The van der Waals surface area contributed by atoms with Gasteiger partial charge in [0.1, 0.15) is 6.54 Å². The highest BCUT2D eigenvalue weighted by atomic mass is 35.5. The molecule has 3 N–H and O–H groups in total. The Hall–Kier alpha value is -2.57. The van der Waals surface area contributed by atoms with Gasteiger partial charge in [0.25, 0.3) is 11.8 Å². The second kappa shape index (κ2) is 8.50. The molecule has 1 unspecified atom stereocenters. The van der Waals surface area contributed by atoms with Crippen molar-refractivity contribution in [1.82, 2.24) is 5.32 Å². The van der Waals surface area contributed by atoms with E-state index in [1.165, 1.54) is 18.2 Å². The highest BCUT2D eigenvalue weighted by molar-refractivity contribution is 6.42. The quantitative estimate of drug-likeness (QED) is 0.751. The van der Waals surface area contributed by atoms with E-state index in [0.717, 1.165) is 0 Å². The summed E-state index contributed by atoms with van der Waals surface area (Å²) in [4.78, 5) is 35.4. The van der Waals surface area contributed by atoms with Gasteiger partial charge >= 0.3 is 5.97 Å². The van der Waals surface area contributed by atoms with Crippen LogP contribution in [0.2, 0.25) is 10.0 Å². The molecule has 2 aromatic rings. The smallest absolute Gasteiger partial charge is 0.326 e. The zero-order chi connectivity index (χ0) is 18.4. The molecular formula is C17H14Cl2N2O4. The highest BCUT2D eigenvalue weighted by Gasteiger charge is 2.22. The van der Waals surface area contributed by atoms with Crippen LogP contribution in [0.5, 0.6) is 0 Å². The summed E-state index contributed by atoms with van der Waals surface area (Å²) in [6, 6.07) is 12.6. The Labute approximate surface area is 153 Å². The van der Waals surface area contributed by atoms with Gasteiger partial charge < -0.3 is 15.8 Å². The number of nitrogens with one attached hydrogen (secondary N) is 1. The van der Waals surface area contributed by atoms with Gasteiger partial charge in [0.05, 0.1) is 10.0 Å². The first-order valence-electron chi connectivity index (χ1n) is 7.15. The zero-order valence-electron chi connectivity index (χ0n) is 12.9. The lowest BCUT2D eigenvalue weighted by molar-refractivity contribution is -0.154. The van der Waals surface area contributed by atoms with Crippen LogP contribution in [-0.4, -0.2) is 24.3 Å². The van der Waals surface area contributed by atoms with Crippen LogP contribution in [0.4, 0.5) is 0 Å². The molecular weight excluding hydrogens is 367 g/mol. The van der Waals surface area contributed by atoms with Crippen molar-refractivity contribution in [2.24, 2.45) is 5.73 Å². The van der Waals surface area contributed by atoms with Crippen molar-refractivity contribution in [2.75, 3.05) is 6.54 Å². The van der Waals surface area contributed by atoms with Gasteiger partial charge in [-0.3, -0.25) is 14.4 Å². The van der Waals surface area contributed by atoms with Crippen molar-refractivity contribution in [1.29, 1.82) is 0 Å². The summed E-state index contributed by atoms with van der Waals surface area (Å²) < 4.78 is 5.05. The molecule has 0 aliphatic heterocycles.